The van der Waals surface area contributed by atoms with Crippen molar-refractivity contribution < 1.29 is 9.90 Å². The SMILES string of the molecule is N#Cc1cnn(-c2cc(C(=O)O)cc(-n3ncc(C#N)c3N)c2)c1N. The lowest BCUT2D eigenvalue weighted by Gasteiger charge is -2.10. The number of nitriles is 2. The first-order chi connectivity index (χ1) is 12.0. The molecule has 25 heavy (non-hydrogen) atoms. The van der Waals surface area contributed by atoms with Crippen molar-refractivity contribution in [3.05, 3.63) is 47.3 Å². The van der Waals surface area contributed by atoms with Crippen LogP contribution < -0.4 is 11.5 Å². The van der Waals surface area contributed by atoms with Crippen LogP contribution in [0.3, 0.4) is 0 Å². The van der Waals surface area contributed by atoms with Crippen molar-refractivity contribution in [1.29, 1.82) is 10.5 Å². The first-order valence-corrected chi connectivity index (χ1v) is 6.82. The van der Waals surface area contributed by atoms with Gasteiger partial charge in [0.05, 0.1) is 29.3 Å². The summed E-state index contributed by atoms with van der Waals surface area (Å²) in [7, 11) is 0. The predicted octanol–water partition coefficient (Wildman–Crippen LogP) is 0.664. The third kappa shape index (κ3) is 2.50. The molecule has 10 heteroatoms. The van der Waals surface area contributed by atoms with E-state index in [0.717, 1.165) is 0 Å². The Labute approximate surface area is 140 Å². The lowest BCUT2D eigenvalue weighted by molar-refractivity contribution is 0.0697. The number of carboxylic acids is 1. The number of carboxylic acid groups (broad SMARTS) is 1. The van der Waals surface area contributed by atoms with Crippen molar-refractivity contribution >= 4 is 17.6 Å². The molecule has 5 N–H and O–H groups in total. The zero-order chi connectivity index (χ0) is 18.1. The minimum Gasteiger partial charge on any atom is -0.478 e. The Morgan fingerprint density at radius 2 is 1.40 bits per heavy atom. The largest absolute Gasteiger partial charge is 0.478 e. The number of hydrogen-bond acceptors (Lipinski definition) is 7. The molecule has 0 atom stereocenters. The van der Waals surface area contributed by atoms with Gasteiger partial charge in [-0.25, -0.2) is 14.2 Å². The van der Waals surface area contributed by atoms with Crippen molar-refractivity contribution in [3.8, 4) is 23.5 Å². The molecule has 0 radical (unpaired) electrons. The molecule has 0 fully saturated rings. The van der Waals surface area contributed by atoms with Crippen molar-refractivity contribution in [2.75, 3.05) is 11.5 Å². The van der Waals surface area contributed by atoms with E-state index in [1.54, 1.807) is 6.07 Å². The third-order valence-corrected chi connectivity index (χ3v) is 3.49. The van der Waals surface area contributed by atoms with Gasteiger partial charge in [-0.1, -0.05) is 0 Å². The van der Waals surface area contributed by atoms with Crippen LogP contribution in [0, 0.1) is 22.7 Å². The van der Waals surface area contributed by atoms with Crippen molar-refractivity contribution in [1.82, 2.24) is 19.6 Å². The monoisotopic (exact) mass is 334 g/mol. The van der Waals surface area contributed by atoms with Crippen molar-refractivity contribution in [2.24, 2.45) is 0 Å². The highest BCUT2D eigenvalue weighted by atomic mass is 16.4. The molecule has 122 valence electrons. The predicted molar refractivity (Wildman–Crippen MR) is 85.9 cm³/mol. The molecule has 2 aromatic heterocycles. The van der Waals surface area contributed by atoms with Crippen LogP contribution in [0.25, 0.3) is 11.4 Å². The molecule has 0 saturated carbocycles. The number of rotatable bonds is 3. The third-order valence-electron chi connectivity index (χ3n) is 3.49. The summed E-state index contributed by atoms with van der Waals surface area (Å²) in [6.07, 6.45) is 2.55. The molecule has 1 aromatic carbocycles. The molecule has 0 spiro atoms. The first kappa shape index (κ1) is 15.6. The van der Waals surface area contributed by atoms with Gasteiger partial charge in [0, 0.05) is 0 Å². The molecular formula is C15H10N8O2. The highest BCUT2D eigenvalue weighted by molar-refractivity contribution is 5.89. The van der Waals surface area contributed by atoms with Gasteiger partial charge in [0.25, 0.3) is 0 Å². The first-order valence-electron chi connectivity index (χ1n) is 6.82. The zero-order valence-electron chi connectivity index (χ0n) is 12.6. The highest BCUT2D eigenvalue weighted by Gasteiger charge is 2.16. The van der Waals surface area contributed by atoms with Gasteiger partial charge in [-0.15, -0.1) is 0 Å². The second-order valence-electron chi connectivity index (χ2n) is 4.98. The molecule has 3 rings (SSSR count). The van der Waals surface area contributed by atoms with Crippen molar-refractivity contribution in [3.63, 3.8) is 0 Å². The van der Waals surface area contributed by atoms with Crippen molar-refractivity contribution in [2.45, 2.75) is 0 Å². The Kier molecular flexibility index (Phi) is 3.56. The van der Waals surface area contributed by atoms with E-state index >= 15 is 0 Å². The Balaban J connectivity index is 2.24. The van der Waals surface area contributed by atoms with Gasteiger partial charge in [-0.3, -0.25) is 0 Å². The Morgan fingerprint density at radius 3 is 1.72 bits per heavy atom. The fraction of sp³-hybridized carbons (Fsp3) is 0. The smallest absolute Gasteiger partial charge is 0.335 e. The lowest BCUT2D eigenvalue weighted by atomic mass is 10.1. The topological polar surface area (TPSA) is 173 Å². The average Bonchev–Trinajstić information content (AvgIpc) is 3.16. The van der Waals surface area contributed by atoms with Crippen LogP contribution >= 0.6 is 0 Å². The van der Waals surface area contributed by atoms with Gasteiger partial charge in [0.2, 0.25) is 0 Å². The van der Waals surface area contributed by atoms with Crippen LogP contribution in [0.2, 0.25) is 0 Å². The van der Waals surface area contributed by atoms with Crippen LogP contribution in [0.15, 0.2) is 30.6 Å². The normalized spacial score (nSPS) is 10.2. The Morgan fingerprint density at radius 1 is 0.960 bits per heavy atom. The fourth-order valence-corrected chi connectivity index (χ4v) is 2.26. The zero-order valence-corrected chi connectivity index (χ0v) is 12.6. The molecule has 0 aliphatic heterocycles. The van der Waals surface area contributed by atoms with Gasteiger partial charge < -0.3 is 16.6 Å². The number of aromatic carboxylic acids is 1. The molecular weight excluding hydrogens is 324 g/mol. The Bertz CT molecular complexity index is 1000. The second-order valence-corrected chi connectivity index (χ2v) is 4.98. The molecule has 10 nitrogen and oxygen atoms in total. The van der Waals surface area contributed by atoms with E-state index in [0.29, 0.717) is 11.4 Å². The van der Waals surface area contributed by atoms with Gasteiger partial charge in [-0.05, 0) is 18.2 Å². The minimum atomic E-state index is -1.18. The van der Waals surface area contributed by atoms with E-state index in [4.69, 9.17) is 22.0 Å². The summed E-state index contributed by atoms with van der Waals surface area (Å²) in [5, 5.41) is 35.3. The summed E-state index contributed by atoms with van der Waals surface area (Å²) in [5.41, 5.74) is 12.6. The van der Waals surface area contributed by atoms with E-state index in [1.165, 1.54) is 33.9 Å². The summed E-state index contributed by atoms with van der Waals surface area (Å²) in [6, 6.07) is 8.02. The van der Waals surface area contributed by atoms with E-state index in [2.05, 4.69) is 10.2 Å². The van der Waals surface area contributed by atoms with Gasteiger partial charge in [0.1, 0.15) is 34.9 Å². The number of nitrogens with zero attached hydrogens (tertiary/aromatic N) is 6. The second kappa shape index (κ2) is 5.72. The van der Waals surface area contributed by atoms with Gasteiger partial charge in [-0.2, -0.15) is 20.7 Å². The highest BCUT2D eigenvalue weighted by Crippen LogP contribution is 2.23. The number of aromatic nitrogens is 4. The summed E-state index contributed by atoms with van der Waals surface area (Å²) >= 11 is 0. The maximum Gasteiger partial charge on any atom is 0.335 e. The van der Waals surface area contributed by atoms with E-state index in [-0.39, 0.29) is 28.3 Å². The number of hydrogen-bond donors (Lipinski definition) is 3. The molecule has 0 bridgehead atoms. The molecule has 0 aliphatic rings. The molecule has 0 aliphatic carbocycles. The van der Waals surface area contributed by atoms with Gasteiger partial charge >= 0.3 is 5.97 Å². The van der Waals surface area contributed by atoms with Crippen LogP contribution in [-0.4, -0.2) is 30.6 Å². The van der Waals surface area contributed by atoms with E-state index in [1.807, 2.05) is 12.1 Å². The number of anilines is 2. The average molecular weight is 334 g/mol. The van der Waals surface area contributed by atoms with E-state index in [9.17, 15) is 9.90 Å². The Hall–Kier alpha value is -4.31. The molecule has 0 unspecified atom stereocenters. The number of carbonyl (C=O) groups is 1. The quantitative estimate of drug-likeness (QED) is 0.626. The molecule has 2 heterocycles. The van der Waals surface area contributed by atoms with Crippen LogP contribution in [-0.2, 0) is 0 Å². The fourth-order valence-electron chi connectivity index (χ4n) is 2.26. The summed E-state index contributed by atoms with van der Waals surface area (Å²) in [4.78, 5) is 11.4. The maximum absolute atomic E-state index is 11.4. The summed E-state index contributed by atoms with van der Waals surface area (Å²) in [6.45, 7) is 0. The molecule has 3 aromatic rings. The summed E-state index contributed by atoms with van der Waals surface area (Å²) < 4.78 is 2.47. The number of benzene rings is 1. The lowest BCUT2D eigenvalue weighted by Crippen LogP contribution is -2.09. The van der Waals surface area contributed by atoms with Crippen LogP contribution in [0.1, 0.15) is 21.5 Å². The number of nitrogens with two attached hydrogens (primary N) is 2. The maximum atomic E-state index is 11.4. The molecule has 0 amide bonds. The van der Waals surface area contributed by atoms with Crippen LogP contribution in [0.4, 0.5) is 11.6 Å². The number of nitrogen functional groups attached to an aromatic ring is 2. The van der Waals surface area contributed by atoms with Crippen LogP contribution in [0.5, 0.6) is 0 Å². The van der Waals surface area contributed by atoms with E-state index < -0.39 is 5.97 Å². The standard InChI is InChI=1S/C15H10N8O2/c16-4-9-6-20-22(13(9)18)11-1-8(15(24)25)2-12(3-11)23-14(19)10(5-17)7-21-23/h1-3,6-7H,18-19H2,(H,24,25). The summed E-state index contributed by atoms with van der Waals surface area (Å²) in [5.74, 6) is -1.04. The minimum absolute atomic E-state index is 0.0608. The van der Waals surface area contributed by atoms with Gasteiger partial charge in [0.15, 0.2) is 0 Å². The molecule has 0 saturated heterocycles.